The molecule has 0 radical (unpaired) electrons. The molecule has 0 bridgehead atoms. The van der Waals surface area contributed by atoms with Crippen LogP contribution in [-0.2, 0) is 4.74 Å². The van der Waals surface area contributed by atoms with Crippen molar-refractivity contribution in [2.45, 2.75) is 26.0 Å². The molecule has 2 atom stereocenters. The van der Waals surface area contributed by atoms with Gasteiger partial charge in [-0.3, -0.25) is 10.1 Å². The smallest absolute Gasteiger partial charge is 0.287 e. The summed E-state index contributed by atoms with van der Waals surface area (Å²) in [6, 6.07) is 6.72. The van der Waals surface area contributed by atoms with E-state index in [-0.39, 0.29) is 23.4 Å². The molecule has 19 heavy (non-hydrogen) atoms. The van der Waals surface area contributed by atoms with Gasteiger partial charge in [-0.05, 0) is 26.0 Å². The standard InChI is InChI=1S/C13H15N3O3/c1-9-8-19-10(2)7-15(9)12-3-4-13(16(17)18)11(5-12)6-14/h3-5,9-10H,7-8H2,1-2H3. The minimum absolute atomic E-state index is 0.0915. The summed E-state index contributed by atoms with van der Waals surface area (Å²) in [5.41, 5.74) is 0.763. The molecule has 1 fully saturated rings. The van der Waals surface area contributed by atoms with Crippen molar-refractivity contribution >= 4 is 11.4 Å². The van der Waals surface area contributed by atoms with Crippen LogP contribution in [0.25, 0.3) is 0 Å². The van der Waals surface area contributed by atoms with Crippen molar-refractivity contribution < 1.29 is 9.66 Å². The second kappa shape index (κ2) is 5.24. The molecule has 0 aromatic heterocycles. The van der Waals surface area contributed by atoms with E-state index in [4.69, 9.17) is 10.00 Å². The Morgan fingerprint density at radius 2 is 2.26 bits per heavy atom. The molecule has 1 aromatic carbocycles. The van der Waals surface area contributed by atoms with Crippen LogP contribution in [0.5, 0.6) is 0 Å². The number of anilines is 1. The summed E-state index contributed by atoms with van der Waals surface area (Å²) < 4.78 is 5.55. The molecule has 0 N–H and O–H groups in total. The molecular formula is C13H15N3O3. The Morgan fingerprint density at radius 1 is 1.53 bits per heavy atom. The van der Waals surface area contributed by atoms with Gasteiger partial charge in [0.15, 0.2) is 0 Å². The molecule has 6 nitrogen and oxygen atoms in total. The maximum atomic E-state index is 10.8. The van der Waals surface area contributed by atoms with Gasteiger partial charge in [0.05, 0.1) is 17.6 Å². The normalized spacial score (nSPS) is 22.9. The lowest BCUT2D eigenvalue weighted by molar-refractivity contribution is -0.385. The number of ether oxygens (including phenoxy) is 1. The number of hydrogen-bond acceptors (Lipinski definition) is 5. The highest BCUT2D eigenvalue weighted by molar-refractivity contribution is 5.60. The Balaban J connectivity index is 2.35. The summed E-state index contributed by atoms with van der Waals surface area (Å²) in [5, 5.41) is 19.8. The van der Waals surface area contributed by atoms with Crippen molar-refractivity contribution in [1.29, 1.82) is 5.26 Å². The van der Waals surface area contributed by atoms with Gasteiger partial charge in [-0.1, -0.05) is 0 Å². The fourth-order valence-corrected chi connectivity index (χ4v) is 2.21. The second-order valence-electron chi connectivity index (χ2n) is 4.72. The molecule has 1 heterocycles. The first-order valence-corrected chi connectivity index (χ1v) is 6.09. The molecule has 0 aliphatic carbocycles. The van der Waals surface area contributed by atoms with E-state index in [1.165, 1.54) is 6.07 Å². The lowest BCUT2D eigenvalue weighted by Crippen LogP contribution is -2.47. The predicted octanol–water partition coefficient (Wildman–Crippen LogP) is 2.08. The number of benzene rings is 1. The van der Waals surface area contributed by atoms with Gasteiger partial charge >= 0.3 is 0 Å². The van der Waals surface area contributed by atoms with E-state index in [1.54, 1.807) is 12.1 Å². The highest BCUT2D eigenvalue weighted by atomic mass is 16.6. The first kappa shape index (κ1) is 13.3. The number of hydrogen-bond donors (Lipinski definition) is 0. The van der Waals surface area contributed by atoms with E-state index >= 15 is 0 Å². The van der Waals surface area contributed by atoms with Crippen molar-refractivity contribution in [1.82, 2.24) is 0 Å². The van der Waals surface area contributed by atoms with Crippen LogP contribution >= 0.6 is 0 Å². The fraction of sp³-hybridized carbons (Fsp3) is 0.462. The molecular weight excluding hydrogens is 246 g/mol. The van der Waals surface area contributed by atoms with Gasteiger partial charge < -0.3 is 9.64 Å². The average molecular weight is 261 g/mol. The third-order valence-corrected chi connectivity index (χ3v) is 3.24. The van der Waals surface area contributed by atoms with Crippen LogP contribution in [0.4, 0.5) is 11.4 Å². The number of nitro benzene ring substituents is 1. The number of nitrogens with zero attached hydrogens (tertiary/aromatic N) is 3. The quantitative estimate of drug-likeness (QED) is 0.601. The third-order valence-electron chi connectivity index (χ3n) is 3.24. The van der Waals surface area contributed by atoms with Crippen LogP contribution in [0.15, 0.2) is 18.2 Å². The van der Waals surface area contributed by atoms with E-state index in [0.717, 1.165) is 5.69 Å². The van der Waals surface area contributed by atoms with Crippen LogP contribution in [0.1, 0.15) is 19.4 Å². The van der Waals surface area contributed by atoms with E-state index in [2.05, 4.69) is 4.90 Å². The van der Waals surface area contributed by atoms with E-state index in [9.17, 15) is 10.1 Å². The van der Waals surface area contributed by atoms with Gasteiger partial charge in [0.1, 0.15) is 11.6 Å². The zero-order valence-corrected chi connectivity index (χ0v) is 10.9. The molecule has 2 unspecified atom stereocenters. The molecule has 100 valence electrons. The number of morpholine rings is 1. The van der Waals surface area contributed by atoms with Gasteiger partial charge in [-0.25, -0.2) is 0 Å². The summed E-state index contributed by atoms with van der Waals surface area (Å²) in [4.78, 5) is 12.4. The Bertz CT molecular complexity index is 538. The summed E-state index contributed by atoms with van der Waals surface area (Å²) in [6.07, 6.45) is 0.108. The van der Waals surface area contributed by atoms with Crippen LogP contribution in [0.3, 0.4) is 0 Å². The first-order valence-electron chi connectivity index (χ1n) is 6.09. The van der Waals surface area contributed by atoms with Gasteiger partial charge in [0, 0.05) is 24.3 Å². The first-order chi connectivity index (χ1) is 9.02. The maximum Gasteiger partial charge on any atom is 0.287 e. The molecule has 0 spiro atoms. The summed E-state index contributed by atoms with van der Waals surface area (Å²) >= 11 is 0. The maximum absolute atomic E-state index is 10.8. The summed E-state index contributed by atoms with van der Waals surface area (Å²) in [6.45, 7) is 5.33. The Kier molecular flexibility index (Phi) is 3.67. The van der Waals surface area contributed by atoms with E-state index < -0.39 is 4.92 Å². The molecule has 1 aliphatic rings. The van der Waals surface area contributed by atoms with Crippen LogP contribution in [-0.4, -0.2) is 30.2 Å². The number of rotatable bonds is 2. The lowest BCUT2D eigenvalue weighted by atomic mass is 10.1. The van der Waals surface area contributed by atoms with E-state index in [0.29, 0.717) is 13.2 Å². The Morgan fingerprint density at radius 3 is 2.89 bits per heavy atom. The summed E-state index contributed by atoms with van der Waals surface area (Å²) in [5.74, 6) is 0. The van der Waals surface area contributed by atoms with Crippen LogP contribution < -0.4 is 4.90 Å². The third kappa shape index (κ3) is 2.66. The largest absolute Gasteiger partial charge is 0.375 e. The second-order valence-corrected chi connectivity index (χ2v) is 4.72. The zero-order valence-electron chi connectivity index (χ0n) is 10.9. The predicted molar refractivity (Wildman–Crippen MR) is 70.0 cm³/mol. The molecule has 0 amide bonds. The zero-order chi connectivity index (χ0) is 14.0. The Labute approximate surface area is 111 Å². The highest BCUT2D eigenvalue weighted by Crippen LogP contribution is 2.27. The minimum Gasteiger partial charge on any atom is -0.375 e. The molecule has 1 aromatic rings. The number of nitro groups is 1. The van der Waals surface area contributed by atoms with Crippen molar-refractivity contribution in [2.24, 2.45) is 0 Å². The molecule has 6 heteroatoms. The molecule has 0 saturated carbocycles. The highest BCUT2D eigenvalue weighted by Gasteiger charge is 2.25. The fourth-order valence-electron chi connectivity index (χ4n) is 2.21. The van der Waals surface area contributed by atoms with Crippen LogP contribution in [0, 0.1) is 21.4 Å². The van der Waals surface area contributed by atoms with Crippen LogP contribution in [0.2, 0.25) is 0 Å². The van der Waals surface area contributed by atoms with Gasteiger partial charge in [-0.2, -0.15) is 5.26 Å². The Hall–Kier alpha value is -2.13. The number of nitriles is 1. The summed E-state index contributed by atoms with van der Waals surface area (Å²) in [7, 11) is 0. The van der Waals surface area contributed by atoms with Crippen molar-refractivity contribution in [3.05, 3.63) is 33.9 Å². The topological polar surface area (TPSA) is 79.4 Å². The van der Waals surface area contributed by atoms with Gasteiger partial charge in [0.2, 0.25) is 0 Å². The van der Waals surface area contributed by atoms with Gasteiger partial charge in [0.25, 0.3) is 5.69 Å². The van der Waals surface area contributed by atoms with Gasteiger partial charge in [-0.15, -0.1) is 0 Å². The van der Waals surface area contributed by atoms with E-state index in [1.807, 2.05) is 19.9 Å². The molecule has 1 aliphatic heterocycles. The minimum atomic E-state index is -0.534. The molecule has 2 rings (SSSR count). The van der Waals surface area contributed by atoms with Crippen molar-refractivity contribution in [3.8, 4) is 6.07 Å². The SMILES string of the molecule is CC1CN(c2ccc([N+](=O)[O-])c(C#N)c2)C(C)CO1. The van der Waals surface area contributed by atoms with Crippen molar-refractivity contribution in [3.63, 3.8) is 0 Å². The lowest BCUT2D eigenvalue weighted by Gasteiger charge is -2.38. The average Bonchev–Trinajstić information content (AvgIpc) is 2.40. The molecule has 1 saturated heterocycles. The van der Waals surface area contributed by atoms with Crippen molar-refractivity contribution in [2.75, 3.05) is 18.1 Å². The monoisotopic (exact) mass is 261 g/mol.